The fraction of sp³-hybridized carbons (Fsp3) is 0.409. The van der Waals surface area contributed by atoms with Gasteiger partial charge in [0, 0.05) is 106 Å². The quantitative estimate of drug-likeness (QED) is 0.166. The number of carbonyl (C=O) groups excluding carboxylic acids is 2. The molecule has 2 atom stereocenters. The van der Waals surface area contributed by atoms with Crippen LogP contribution in [0.1, 0.15) is 72.6 Å². The van der Waals surface area contributed by atoms with Crippen molar-refractivity contribution in [1.29, 1.82) is 0 Å². The number of morpholine rings is 2. The Morgan fingerprint density at radius 1 is 0.700 bits per heavy atom. The second-order valence-electron chi connectivity index (χ2n) is 14.7. The smallest absolute Gasteiger partial charge is 0.253 e. The normalized spacial score (nSPS) is 14.9. The van der Waals surface area contributed by atoms with E-state index in [9.17, 15) is 23.6 Å². The third-order valence-corrected chi connectivity index (χ3v) is 10.1. The van der Waals surface area contributed by atoms with E-state index in [0.717, 1.165) is 0 Å². The van der Waals surface area contributed by atoms with Crippen molar-refractivity contribution in [1.82, 2.24) is 9.80 Å². The number of carbonyl (C=O) groups is 2. The van der Waals surface area contributed by atoms with Crippen molar-refractivity contribution in [3.8, 4) is 0 Å². The number of hydrogen-bond acceptors (Lipinski definition) is 12. The summed E-state index contributed by atoms with van der Waals surface area (Å²) in [5.41, 5.74) is 8.99. The Morgan fingerprint density at radius 3 is 1.55 bits per heavy atom. The van der Waals surface area contributed by atoms with Crippen molar-refractivity contribution >= 4 is 62.8 Å². The van der Waals surface area contributed by atoms with Crippen LogP contribution in [-0.2, 0) is 9.47 Å². The molecule has 2 amide bonds. The van der Waals surface area contributed by atoms with Gasteiger partial charge in [-0.15, -0.1) is 0 Å². The number of anilines is 3. The summed E-state index contributed by atoms with van der Waals surface area (Å²) in [7, 11) is 6.63. The van der Waals surface area contributed by atoms with Crippen LogP contribution in [0.15, 0.2) is 73.0 Å². The van der Waals surface area contributed by atoms with E-state index in [1.54, 1.807) is 65.4 Å². The number of amides is 2. The lowest BCUT2D eigenvalue weighted by Gasteiger charge is -2.27. The van der Waals surface area contributed by atoms with Crippen LogP contribution >= 0.6 is 11.6 Å². The molecule has 0 aliphatic carbocycles. The Labute approximate surface area is 354 Å². The minimum absolute atomic E-state index is 0. The molecule has 0 saturated carbocycles. The maximum Gasteiger partial charge on any atom is 0.253 e. The lowest BCUT2D eigenvalue weighted by molar-refractivity contribution is 0.0820. The van der Waals surface area contributed by atoms with Gasteiger partial charge < -0.3 is 49.0 Å². The minimum atomic E-state index is -0.472. The Kier molecular flexibility index (Phi) is 15.9. The SMILES string of the molecule is C.C.CC(N)c1cc(C(=O)N(C)C)cc2c(=O)cc(N3CCOCC3)oc12.CC(Nc1cc(F)cc(Cl)c1)c1cc(C(=O)N(C)C)cc2c(=O)cc(N3CCOCC3)oc12. The van der Waals surface area contributed by atoms with Crippen LogP contribution in [0.2, 0.25) is 5.02 Å². The van der Waals surface area contributed by atoms with Crippen molar-refractivity contribution in [2.45, 2.75) is 40.8 Å². The van der Waals surface area contributed by atoms with Crippen molar-refractivity contribution in [2.24, 2.45) is 5.73 Å². The summed E-state index contributed by atoms with van der Waals surface area (Å²) in [6.45, 7) is 8.48. The number of benzene rings is 3. The summed E-state index contributed by atoms with van der Waals surface area (Å²) < 4.78 is 36.8. The van der Waals surface area contributed by atoms with Crippen LogP contribution in [0.5, 0.6) is 0 Å². The average Bonchev–Trinajstić information content (AvgIpc) is 3.19. The third-order valence-electron chi connectivity index (χ3n) is 9.84. The Morgan fingerprint density at radius 2 is 1.13 bits per heavy atom. The highest BCUT2D eigenvalue weighted by Crippen LogP contribution is 2.32. The minimum Gasteiger partial charge on any atom is -0.440 e. The predicted molar refractivity (Wildman–Crippen MR) is 237 cm³/mol. The monoisotopic (exact) mass is 850 g/mol. The van der Waals surface area contributed by atoms with Crippen LogP contribution < -0.4 is 31.7 Å². The maximum absolute atomic E-state index is 13.9. The predicted octanol–water partition coefficient (Wildman–Crippen LogP) is 6.92. The van der Waals surface area contributed by atoms with Crippen LogP contribution in [0.25, 0.3) is 21.9 Å². The Bertz CT molecular complexity index is 2420. The molecule has 0 bridgehead atoms. The molecule has 60 heavy (non-hydrogen) atoms. The van der Waals surface area contributed by atoms with Gasteiger partial charge in [0.1, 0.15) is 17.0 Å². The van der Waals surface area contributed by atoms with E-state index in [0.29, 0.717) is 114 Å². The highest BCUT2D eigenvalue weighted by Gasteiger charge is 2.23. The molecule has 3 N–H and O–H groups in total. The van der Waals surface area contributed by atoms with Crippen LogP contribution in [0.3, 0.4) is 0 Å². The first-order valence-corrected chi connectivity index (χ1v) is 19.3. The summed E-state index contributed by atoms with van der Waals surface area (Å²) in [5, 5.41) is 4.14. The van der Waals surface area contributed by atoms with Gasteiger partial charge in [0.05, 0.1) is 43.2 Å². The molecule has 2 unspecified atom stereocenters. The lowest BCUT2D eigenvalue weighted by Crippen LogP contribution is -2.36. The molecule has 7 rings (SSSR count). The van der Waals surface area contributed by atoms with E-state index >= 15 is 0 Å². The fourth-order valence-corrected chi connectivity index (χ4v) is 7.03. The van der Waals surface area contributed by atoms with Crippen molar-refractivity contribution in [2.75, 3.05) is 95.9 Å². The first kappa shape index (κ1) is 47.2. The van der Waals surface area contributed by atoms with E-state index in [1.165, 1.54) is 34.1 Å². The number of fused-ring (bicyclic) bond motifs is 2. The van der Waals surface area contributed by atoms with Crippen LogP contribution in [0, 0.1) is 5.82 Å². The lowest BCUT2D eigenvalue weighted by atomic mass is 10.00. The van der Waals surface area contributed by atoms with Crippen LogP contribution in [-0.4, -0.2) is 102 Å². The van der Waals surface area contributed by atoms with Crippen molar-refractivity contribution in [3.05, 3.63) is 108 Å². The number of nitrogens with one attached hydrogen (secondary N) is 1. The highest BCUT2D eigenvalue weighted by molar-refractivity contribution is 6.30. The zero-order valence-corrected chi connectivity index (χ0v) is 34.2. The maximum atomic E-state index is 13.9. The molecular weight excluding hydrogens is 795 g/mol. The van der Waals surface area contributed by atoms with Crippen molar-refractivity contribution < 1.29 is 32.3 Å². The van der Waals surface area contributed by atoms with Gasteiger partial charge in [0.25, 0.3) is 11.8 Å². The van der Waals surface area contributed by atoms with Gasteiger partial charge in [-0.3, -0.25) is 19.2 Å². The molecule has 16 heteroatoms. The van der Waals surface area contributed by atoms with Gasteiger partial charge in [-0.05, 0) is 56.3 Å². The third kappa shape index (κ3) is 10.6. The number of nitrogens with zero attached hydrogens (tertiary/aromatic N) is 4. The van der Waals surface area contributed by atoms with E-state index in [2.05, 4.69) is 5.32 Å². The standard InChI is InChI=1S/C24H25ClFN3O4.C18H23N3O4.2CH4/c1-14(27-18-11-16(25)10-17(26)12-18)19-8-15(24(31)28(2)3)9-20-21(30)13-22(33-23(19)20)29-4-6-32-7-5-29;1-11(19)13-8-12(18(23)20(2)3)9-14-15(22)10-16(25-17(13)14)21-4-6-24-7-5-21;;/h8-14,27H,4-7H2,1-3H3;8-11H,4-7,19H2,1-3H3;2*1H4. The van der Waals surface area contributed by atoms with E-state index in [4.69, 9.17) is 35.6 Å². The fourth-order valence-electron chi connectivity index (χ4n) is 6.81. The Balaban J connectivity index is 0.000000265. The molecule has 2 aliphatic heterocycles. The van der Waals surface area contributed by atoms with E-state index < -0.39 is 11.9 Å². The molecule has 2 fully saturated rings. The molecule has 2 aromatic heterocycles. The van der Waals surface area contributed by atoms with Gasteiger partial charge in [0.2, 0.25) is 0 Å². The first-order chi connectivity index (χ1) is 27.6. The summed E-state index contributed by atoms with van der Waals surface area (Å²) >= 11 is 6.00. The number of hydrogen-bond donors (Lipinski definition) is 2. The second-order valence-corrected chi connectivity index (χ2v) is 15.1. The Hall–Kier alpha value is -5.48. The first-order valence-electron chi connectivity index (χ1n) is 18.9. The molecule has 0 radical (unpaired) electrons. The second kappa shape index (κ2) is 20.2. The van der Waals surface area contributed by atoms with Crippen LogP contribution in [0.4, 0.5) is 21.8 Å². The molecule has 324 valence electrons. The number of halogens is 2. The van der Waals surface area contributed by atoms with Gasteiger partial charge in [-0.1, -0.05) is 26.5 Å². The van der Waals surface area contributed by atoms with E-state index in [1.807, 2.05) is 16.7 Å². The summed E-state index contributed by atoms with van der Waals surface area (Å²) in [6.07, 6.45) is 0. The number of ether oxygens (including phenoxy) is 2. The summed E-state index contributed by atoms with van der Waals surface area (Å²) in [6, 6.07) is 12.8. The highest BCUT2D eigenvalue weighted by atomic mass is 35.5. The molecular formula is C44H56ClFN6O8. The van der Waals surface area contributed by atoms with Gasteiger partial charge in [0.15, 0.2) is 22.6 Å². The average molecular weight is 851 g/mol. The zero-order valence-electron chi connectivity index (χ0n) is 33.4. The van der Waals surface area contributed by atoms with Gasteiger partial charge in [-0.25, -0.2) is 4.39 Å². The zero-order chi connectivity index (χ0) is 41.8. The largest absolute Gasteiger partial charge is 0.440 e. The van der Waals surface area contributed by atoms with Gasteiger partial charge >= 0.3 is 0 Å². The molecule has 5 aromatic rings. The molecule has 2 saturated heterocycles. The topological polar surface area (TPSA) is 164 Å². The molecule has 0 spiro atoms. The molecule has 3 aromatic carbocycles. The number of nitrogens with two attached hydrogens (primary N) is 1. The van der Waals surface area contributed by atoms with Crippen molar-refractivity contribution in [3.63, 3.8) is 0 Å². The molecule has 4 heterocycles. The summed E-state index contributed by atoms with van der Waals surface area (Å²) in [4.78, 5) is 57.6. The van der Waals surface area contributed by atoms with Gasteiger partial charge in [-0.2, -0.15) is 0 Å². The number of rotatable bonds is 8. The van der Waals surface area contributed by atoms with E-state index in [-0.39, 0.29) is 48.6 Å². The summed E-state index contributed by atoms with van der Waals surface area (Å²) in [5.74, 6) is 0.0649. The molecule has 2 aliphatic rings. The molecule has 14 nitrogen and oxygen atoms in total.